The number of nitro groups is 1. The second-order valence-electron chi connectivity index (χ2n) is 6.38. The number of sulfonamides is 1. The standard InChI is InChI=1S/C18H19N5O4S2/c1-13-4-3-5-14(10-13)12-28-18-21-20-17(11-19-29(2,26)27)22(18)15-6-8-16(9-7-15)23(24)25/h3-10,19H,11-12H2,1-2H3. The third-order valence-corrected chi connectivity index (χ3v) is 5.63. The quantitative estimate of drug-likeness (QED) is 0.329. The van der Waals surface area contributed by atoms with Crippen LogP contribution in [-0.4, -0.2) is 34.4 Å². The number of aryl methyl sites for hydroxylation is 1. The maximum atomic E-state index is 11.5. The predicted molar refractivity (Wildman–Crippen MR) is 110 cm³/mol. The maximum Gasteiger partial charge on any atom is 0.269 e. The molecule has 0 unspecified atom stereocenters. The molecule has 1 N–H and O–H groups in total. The molecule has 0 saturated carbocycles. The summed E-state index contributed by atoms with van der Waals surface area (Å²) in [5.74, 6) is 1.03. The number of benzene rings is 2. The molecule has 3 rings (SSSR count). The number of aromatic nitrogens is 3. The van der Waals surface area contributed by atoms with Gasteiger partial charge in [0, 0.05) is 23.6 Å². The number of hydrogen-bond acceptors (Lipinski definition) is 7. The fourth-order valence-electron chi connectivity index (χ4n) is 2.64. The first kappa shape index (κ1) is 21.0. The molecule has 1 aromatic heterocycles. The van der Waals surface area contributed by atoms with Gasteiger partial charge in [0.15, 0.2) is 11.0 Å². The molecule has 0 amide bonds. The first-order valence-corrected chi connectivity index (χ1v) is 11.4. The summed E-state index contributed by atoms with van der Waals surface area (Å²) >= 11 is 1.45. The topological polar surface area (TPSA) is 120 Å². The van der Waals surface area contributed by atoms with Crippen LogP contribution in [0.25, 0.3) is 5.69 Å². The molecular weight excluding hydrogens is 414 g/mol. The van der Waals surface area contributed by atoms with Crippen LogP contribution in [0.15, 0.2) is 53.7 Å². The van der Waals surface area contributed by atoms with E-state index in [2.05, 4.69) is 21.0 Å². The molecule has 3 aromatic rings. The molecule has 0 fully saturated rings. The van der Waals surface area contributed by atoms with Crippen molar-refractivity contribution in [2.75, 3.05) is 6.26 Å². The first-order valence-electron chi connectivity index (χ1n) is 8.55. The van der Waals surface area contributed by atoms with E-state index in [0.29, 0.717) is 22.4 Å². The van der Waals surface area contributed by atoms with Gasteiger partial charge in [-0.3, -0.25) is 14.7 Å². The maximum absolute atomic E-state index is 11.5. The molecule has 0 atom stereocenters. The summed E-state index contributed by atoms with van der Waals surface area (Å²) in [7, 11) is -3.42. The number of rotatable bonds is 8. The lowest BCUT2D eigenvalue weighted by Crippen LogP contribution is -2.23. The molecule has 0 spiro atoms. The Kier molecular flexibility index (Phi) is 6.30. The fraction of sp³-hybridized carbons (Fsp3) is 0.222. The van der Waals surface area contributed by atoms with Gasteiger partial charge in [0.2, 0.25) is 10.0 Å². The van der Waals surface area contributed by atoms with E-state index in [9.17, 15) is 18.5 Å². The summed E-state index contributed by atoms with van der Waals surface area (Å²) < 4.78 is 27.0. The number of non-ortho nitro benzene ring substituents is 1. The summed E-state index contributed by atoms with van der Waals surface area (Å²) in [5, 5.41) is 19.8. The number of nitro benzene ring substituents is 1. The van der Waals surface area contributed by atoms with Crippen LogP contribution in [0.1, 0.15) is 17.0 Å². The minimum atomic E-state index is -3.42. The smallest absolute Gasteiger partial charge is 0.269 e. The molecule has 2 aromatic carbocycles. The van der Waals surface area contributed by atoms with Crippen molar-refractivity contribution in [1.82, 2.24) is 19.5 Å². The van der Waals surface area contributed by atoms with Crippen molar-refractivity contribution in [3.8, 4) is 5.69 Å². The van der Waals surface area contributed by atoms with Gasteiger partial charge in [0.05, 0.1) is 17.7 Å². The molecule has 0 radical (unpaired) electrons. The van der Waals surface area contributed by atoms with Gasteiger partial charge in [-0.05, 0) is 24.6 Å². The third kappa shape index (κ3) is 5.62. The Morgan fingerprint density at radius 3 is 2.52 bits per heavy atom. The minimum Gasteiger partial charge on any atom is -0.273 e. The average Bonchev–Trinajstić information content (AvgIpc) is 3.07. The molecule has 1 heterocycles. The van der Waals surface area contributed by atoms with E-state index in [1.165, 1.54) is 23.9 Å². The summed E-state index contributed by atoms with van der Waals surface area (Å²) in [4.78, 5) is 10.4. The van der Waals surface area contributed by atoms with Gasteiger partial charge >= 0.3 is 0 Å². The summed E-state index contributed by atoms with van der Waals surface area (Å²) in [6, 6.07) is 14.0. The van der Waals surface area contributed by atoms with E-state index in [4.69, 9.17) is 0 Å². The van der Waals surface area contributed by atoms with Crippen molar-refractivity contribution in [3.63, 3.8) is 0 Å². The highest BCUT2D eigenvalue weighted by atomic mass is 32.2. The highest BCUT2D eigenvalue weighted by Crippen LogP contribution is 2.26. The van der Waals surface area contributed by atoms with Crippen LogP contribution in [0.5, 0.6) is 0 Å². The summed E-state index contributed by atoms with van der Waals surface area (Å²) in [6.45, 7) is 1.97. The van der Waals surface area contributed by atoms with Crippen LogP contribution >= 0.6 is 11.8 Å². The van der Waals surface area contributed by atoms with Gasteiger partial charge in [-0.2, -0.15) is 0 Å². The van der Waals surface area contributed by atoms with Crippen LogP contribution in [0.3, 0.4) is 0 Å². The van der Waals surface area contributed by atoms with E-state index in [-0.39, 0.29) is 12.2 Å². The predicted octanol–water partition coefficient (Wildman–Crippen LogP) is 2.83. The monoisotopic (exact) mass is 433 g/mol. The van der Waals surface area contributed by atoms with Crippen LogP contribution < -0.4 is 4.72 Å². The van der Waals surface area contributed by atoms with Crippen molar-refractivity contribution in [3.05, 3.63) is 75.6 Å². The molecule has 29 heavy (non-hydrogen) atoms. The average molecular weight is 434 g/mol. The van der Waals surface area contributed by atoms with E-state index in [1.54, 1.807) is 16.7 Å². The normalized spacial score (nSPS) is 11.5. The second-order valence-corrected chi connectivity index (χ2v) is 9.15. The molecule has 0 bridgehead atoms. The minimum absolute atomic E-state index is 0.0356. The molecule has 0 aliphatic carbocycles. The SMILES string of the molecule is Cc1cccc(CSc2nnc(CNS(C)(=O)=O)n2-c2ccc([N+](=O)[O-])cc2)c1. The Morgan fingerprint density at radius 1 is 1.17 bits per heavy atom. The number of nitrogens with one attached hydrogen (secondary N) is 1. The second kappa shape index (κ2) is 8.72. The highest BCUT2D eigenvalue weighted by Gasteiger charge is 2.17. The van der Waals surface area contributed by atoms with Crippen molar-refractivity contribution in [1.29, 1.82) is 0 Å². The van der Waals surface area contributed by atoms with E-state index in [0.717, 1.165) is 17.4 Å². The summed E-state index contributed by atoms with van der Waals surface area (Å²) in [6.07, 6.45) is 1.06. The Morgan fingerprint density at radius 2 is 1.90 bits per heavy atom. The van der Waals surface area contributed by atoms with E-state index >= 15 is 0 Å². The molecule has 11 heteroatoms. The largest absolute Gasteiger partial charge is 0.273 e. The van der Waals surface area contributed by atoms with Crippen LogP contribution in [0.2, 0.25) is 0 Å². The van der Waals surface area contributed by atoms with Gasteiger partial charge in [-0.25, -0.2) is 13.1 Å². The lowest BCUT2D eigenvalue weighted by atomic mass is 10.2. The Labute approximate surface area is 172 Å². The third-order valence-electron chi connectivity index (χ3n) is 3.96. The lowest BCUT2D eigenvalue weighted by molar-refractivity contribution is -0.384. The number of thioether (sulfide) groups is 1. The molecular formula is C18H19N5O4S2. The Bertz CT molecular complexity index is 1130. The van der Waals surface area contributed by atoms with Crippen molar-refractivity contribution < 1.29 is 13.3 Å². The van der Waals surface area contributed by atoms with Crippen LogP contribution in [-0.2, 0) is 22.3 Å². The fourth-order valence-corrected chi connectivity index (χ4v) is 3.94. The van der Waals surface area contributed by atoms with E-state index < -0.39 is 14.9 Å². The number of nitrogens with zero attached hydrogens (tertiary/aromatic N) is 4. The van der Waals surface area contributed by atoms with Gasteiger partial charge in [-0.15, -0.1) is 10.2 Å². The highest BCUT2D eigenvalue weighted by molar-refractivity contribution is 7.98. The molecule has 152 valence electrons. The zero-order valence-corrected chi connectivity index (χ0v) is 17.4. The number of hydrogen-bond donors (Lipinski definition) is 1. The van der Waals surface area contributed by atoms with Gasteiger partial charge < -0.3 is 0 Å². The van der Waals surface area contributed by atoms with Crippen molar-refractivity contribution in [2.45, 2.75) is 24.4 Å². The van der Waals surface area contributed by atoms with Crippen LogP contribution in [0.4, 0.5) is 5.69 Å². The van der Waals surface area contributed by atoms with Gasteiger partial charge in [-0.1, -0.05) is 41.6 Å². The van der Waals surface area contributed by atoms with Gasteiger partial charge in [0.25, 0.3) is 5.69 Å². The molecule has 0 aliphatic rings. The van der Waals surface area contributed by atoms with Crippen molar-refractivity contribution >= 4 is 27.5 Å². The zero-order chi connectivity index (χ0) is 21.0. The molecule has 0 saturated heterocycles. The van der Waals surface area contributed by atoms with Gasteiger partial charge in [0.1, 0.15) is 0 Å². The zero-order valence-electron chi connectivity index (χ0n) is 15.8. The first-order chi connectivity index (χ1) is 13.7. The molecule has 0 aliphatic heterocycles. The lowest BCUT2D eigenvalue weighted by Gasteiger charge is -2.10. The Hall–Kier alpha value is -2.76. The Balaban J connectivity index is 1.92. The van der Waals surface area contributed by atoms with Crippen molar-refractivity contribution in [2.24, 2.45) is 0 Å². The van der Waals surface area contributed by atoms with E-state index in [1.807, 2.05) is 25.1 Å². The summed E-state index contributed by atoms with van der Waals surface area (Å²) in [5.41, 5.74) is 2.84. The van der Waals surface area contributed by atoms with Crippen LogP contribution in [0, 0.1) is 17.0 Å². The molecule has 9 nitrogen and oxygen atoms in total.